The largest absolute Gasteiger partial charge is 0.295 e. The van der Waals surface area contributed by atoms with E-state index in [-0.39, 0.29) is 5.78 Å². The lowest BCUT2D eigenvalue weighted by Gasteiger charge is -2.09. The van der Waals surface area contributed by atoms with Gasteiger partial charge in [-0.05, 0) is 31.3 Å². The van der Waals surface area contributed by atoms with Crippen LogP contribution in [-0.2, 0) is 4.79 Å². The van der Waals surface area contributed by atoms with Crippen LogP contribution in [0, 0.1) is 11.8 Å². The zero-order chi connectivity index (χ0) is 11.0. The average Bonchev–Trinajstić information content (AvgIpc) is 2.02. The van der Waals surface area contributed by atoms with Crippen LogP contribution in [0.15, 0.2) is 12.2 Å². The summed E-state index contributed by atoms with van der Waals surface area (Å²) in [4.78, 5) is 10.6. The summed E-state index contributed by atoms with van der Waals surface area (Å²) in [6, 6.07) is 0. The molecule has 0 fully saturated rings. The Morgan fingerprint density at radius 1 is 1.21 bits per heavy atom. The van der Waals surface area contributed by atoms with E-state index in [9.17, 15) is 4.79 Å². The molecular weight excluding hydrogens is 172 g/mol. The lowest BCUT2D eigenvalue weighted by Crippen LogP contribution is -1.95. The highest BCUT2D eigenvalue weighted by molar-refractivity contribution is 5.87. The van der Waals surface area contributed by atoms with Gasteiger partial charge in [-0.2, -0.15) is 0 Å². The lowest BCUT2D eigenvalue weighted by atomic mass is 9.97. The fourth-order valence-electron chi connectivity index (χ4n) is 1.46. The van der Waals surface area contributed by atoms with Crippen LogP contribution in [0.2, 0.25) is 0 Å². The highest BCUT2D eigenvalue weighted by Gasteiger charge is 2.00. The minimum atomic E-state index is 0.152. The summed E-state index contributed by atoms with van der Waals surface area (Å²) < 4.78 is 0. The van der Waals surface area contributed by atoms with Gasteiger partial charge < -0.3 is 0 Å². The Morgan fingerprint density at radius 3 is 2.36 bits per heavy atom. The Bertz CT molecular complexity index is 180. The molecule has 0 radical (unpaired) electrons. The quantitative estimate of drug-likeness (QED) is 0.563. The van der Waals surface area contributed by atoms with Crippen LogP contribution in [0.25, 0.3) is 0 Å². The average molecular weight is 196 g/mol. The molecule has 0 aromatic carbocycles. The minimum absolute atomic E-state index is 0.152. The molecule has 0 amide bonds. The smallest absolute Gasteiger partial charge is 0.152 e. The summed E-state index contributed by atoms with van der Waals surface area (Å²) in [7, 11) is 0. The Kier molecular flexibility index (Phi) is 7.45. The van der Waals surface area contributed by atoms with Crippen molar-refractivity contribution in [3.63, 3.8) is 0 Å². The van der Waals surface area contributed by atoms with Gasteiger partial charge in [-0.1, -0.05) is 46.1 Å². The molecule has 0 aliphatic heterocycles. The van der Waals surface area contributed by atoms with Crippen LogP contribution in [0.4, 0.5) is 0 Å². The second-order valence-electron chi connectivity index (χ2n) is 4.68. The van der Waals surface area contributed by atoms with E-state index in [4.69, 9.17) is 0 Å². The molecule has 1 unspecified atom stereocenters. The first-order valence-corrected chi connectivity index (χ1v) is 5.69. The molecule has 1 nitrogen and oxygen atoms in total. The second kappa shape index (κ2) is 7.78. The molecule has 0 rings (SSSR count). The second-order valence-corrected chi connectivity index (χ2v) is 4.68. The van der Waals surface area contributed by atoms with E-state index in [0.29, 0.717) is 5.92 Å². The maximum atomic E-state index is 10.6. The molecule has 0 spiro atoms. The molecule has 0 saturated carbocycles. The Hall–Kier alpha value is -0.590. The zero-order valence-corrected chi connectivity index (χ0v) is 10.0. The third-order valence-electron chi connectivity index (χ3n) is 2.37. The van der Waals surface area contributed by atoms with Gasteiger partial charge in [0.05, 0.1) is 0 Å². The summed E-state index contributed by atoms with van der Waals surface area (Å²) in [6.07, 6.45) is 8.63. The van der Waals surface area contributed by atoms with Crippen LogP contribution >= 0.6 is 0 Å². The van der Waals surface area contributed by atoms with Gasteiger partial charge in [0.1, 0.15) is 0 Å². The van der Waals surface area contributed by atoms with Gasteiger partial charge in [0.15, 0.2) is 5.78 Å². The van der Waals surface area contributed by atoms with E-state index in [1.807, 2.05) is 6.08 Å². The van der Waals surface area contributed by atoms with Gasteiger partial charge in [0, 0.05) is 0 Å². The van der Waals surface area contributed by atoms with E-state index in [1.54, 1.807) is 13.0 Å². The zero-order valence-electron chi connectivity index (χ0n) is 10.0. The first-order chi connectivity index (χ1) is 6.52. The van der Waals surface area contributed by atoms with Crippen LogP contribution in [0.3, 0.4) is 0 Å². The van der Waals surface area contributed by atoms with Gasteiger partial charge in [0.2, 0.25) is 0 Å². The molecule has 0 saturated heterocycles. The van der Waals surface area contributed by atoms with Crippen LogP contribution < -0.4 is 0 Å². The first-order valence-electron chi connectivity index (χ1n) is 5.69. The number of rotatable bonds is 7. The molecule has 1 heteroatoms. The summed E-state index contributed by atoms with van der Waals surface area (Å²) in [5.74, 6) is 1.68. The van der Waals surface area contributed by atoms with Gasteiger partial charge in [-0.15, -0.1) is 0 Å². The third-order valence-corrected chi connectivity index (χ3v) is 2.37. The van der Waals surface area contributed by atoms with Crippen molar-refractivity contribution in [2.75, 3.05) is 0 Å². The molecule has 0 aliphatic carbocycles. The molecule has 0 heterocycles. The number of ketones is 1. The number of carbonyl (C=O) groups excluding carboxylic acids is 1. The monoisotopic (exact) mass is 196 g/mol. The summed E-state index contributed by atoms with van der Waals surface area (Å²) in [6.45, 7) is 8.38. The molecule has 0 aromatic rings. The van der Waals surface area contributed by atoms with Crippen molar-refractivity contribution in [1.29, 1.82) is 0 Å². The predicted octanol–water partition coefficient (Wildman–Crippen LogP) is 3.98. The number of hydrogen-bond acceptors (Lipinski definition) is 1. The minimum Gasteiger partial charge on any atom is -0.295 e. The number of hydrogen-bond donors (Lipinski definition) is 0. The Labute approximate surface area is 88.6 Å². The maximum Gasteiger partial charge on any atom is 0.152 e. The van der Waals surface area contributed by atoms with E-state index in [0.717, 1.165) is 12.3 Å². The SMILES string of the molecule is CC(=O)/C=C/CC(C)CCCC(C)C. The van der Waals surface area contributed by atoms with Gasteiger partial charge in [0.25, 0.3) is 0 Å². The van der Waals surface area contributed by atoms with Crippen LogP contribution in [0.5, 0.6) is 0 Å². The standard InChI is InChI=1S/C13H24O/c1-11(2)7-5-8-12(3)9-6-10-13(4)14/h6,10-12H,5,7-9H2,1-4H3/b10-6+. The topological polar surface area (TPSA) is 17.1 Å². The van der Waals surface area contributed by atoms with Crippen molar-refractivity contribution in [1.82, 2.24) is 0 Å². The molecule has 82 valence electrons. The van der Waals surface area contributed by atoms with E-state index in [1.165, 1.54) is 19.3 Å². The normalized spacial score (nSPS) is 13.8. The molecule has 14 heavy (non-hydrogen) atoms. The maximum absolute atomic E-state index is 10.6. The van der Waals surface area contributed by atoms with Gasteiger partial charge >= 0.3 is 0 Å². The van der Waals surface area contributed by atoms with Gasteiger partial charge in [-0.25, -0.2) is 0 Å². The summed E-state index contributed by atoms with van der Waals surface area (Å²) in [5.41, 5.74) is 0. The molecule has 0 aliphatic rings. The third kappa shape index (κ3) is 9.50. The van der Waals surface area contributed by atoms with Crippen LogP contribution in [-0.4, -0.2) is 5.78 Å². The van der Waals surface area contributed by atoms with Crippen molar-refractivity contribution in [2.24, 2.45) is 11.8 Å². The Balaban J connectivity index is 3.45. The van der Waals surface area contributed by atoms with E-state index >= 15 is 0 Å². The summed E-state index contributed by atoms with van der Waals surface area (Å²) >= 11 is 0. The number of allylic oxidation sites excluding steroid dienone is 2. The fraction of sp³-hybridized carbons (Fsp3) is 0.769. The molecule has 0 bridgehead atoms. The first kappa shape index (κ1) is 13.4. The van der Waals surface area contributed by atoms with Crippen molar-refractivity contribution in [3.8, 4) is 0 Å². The van der Waals surface area contributed by atoms with Crippen molar-refractivity contribution >= 4 is 5.78 Å². The summed E-state index contributed by atoms with van der Waals surface area (Å²) in [5, 5.41) is 0. The van der Waals surface area contributed by atoms with Crippen molar-refractivity contribution in [3.05, 3.63) is 12.2 Å². The highest BCUT2D eigenvalue weighted by atomic mass is 16.1. The van der Waals surface area contributed by atoms with Crippen LogP contribution in [0.1, 0.15) is 53.4 Å². The molecular formula is C13H24O. The van der Waals surface area contributed by atoms with Crippen molar-refractivity contribution < 1.29 is 4.79 Å². The Morgan fingerprint density at radius 2 is 1.86 bits per heavy atom. The van der Waals surface area contributed by atoms with Crippen molar-refractivity contribution in [2.45, 2.75) is 53.4 Å². The highest BCUT2D eigenvalue weighted by Crippen LogP contribution is 2.15. The molecule has 0 aromatic heterocycles. The number of carbonyl (C=O) groups is 1. The fourth-order valence-corrected chi connectivity index (χ4v) is 1.46. The van der Waals surface area contributed by atoms with Gasteiger partial charge in [-0.3, -0.25) is 4.79 Å². The lowest BCUT2D eigenvalue weighted by molar-refractivity contribution is -0.112. The predicted molar refractivity (Wildman–Crippen MR) is 62.3 cm³/mol. The van der Waals surface area contributed by atoms with E-state index < -0.39 is 0 Å². The molecule has 0 N–H and O–H groups in total. The molecule has 1 atom stereocenters. The van der Waals surface area contributed by atoms with E-state index in [2.05, 4.69) is 20.8 Å².